The van der Waals surface area contributed by atoms with Crippen molar-refractivity contribution in [2.24, 2.45) is 5.73 Å². The molecule has 1 aromatic heterocycles. The van der Waals surface area contributed by atoms with Crippen molar-refractivity contribution in [3.05, 3.63) is 22.4 Å². The van der Waals surface area contributed by atoms with Gasteiger partial charge in [-0.1, -0.05) is 0 Å². The SMILES string of the molecule is CCn1cc(Br)cc1C(=O)N(C)CC(N)=O. The third kappa shape index (κ3) is 2.85. The first-order chi connectivity index (χ1) is 7.45. The molecule has 0 aromatic carbocycles. The number of carbonyl (C=O) groups is 2. The van der Waals surface area contributed by atoms with E-state index in [0.29, 0.717) is 12.2 Å². The fourth-order valence-electron chi connectivity index (χ4n) is 1.42. The molecule has 0 aliphatic heterocycles. The normalized spacial score (nSPS) is 10.2. The zero-order valence-electron chi connectivity index (χ0n) is 9.24. The van der Waals surface area contributed by atoms with Gasteiger partial charge in [-0.15, -0.1) is 0 Å². The number of carbonyl (C=O) groups excluding carboxylic acids is 2. The summed E-state index contributed by atoms with van der Waals surface area (Å²) in [5.41, 5.74) is 5.58. The smallest absolute Gasteiger partial charge is 0.270 e. The maximum Gasteiger partial charge on any atom is 0.270 e. The monoisotopic (exact) mass is 287 g/mol. The summed E-state index contributed by atoms with van der Waals surface area (Å²) in [7, 11) is 1.55. The average molecular weight is 288 g/mol. The van der Waals surface area contributed by atoms with Crippen LogP contribution in [0.15, 0.2) is 16.7 Å². The molecule has 0 radical (unpaired) electrons. The number of primary amides is 1. The lowest BCUT2D eigenvalue weighted by molar-refractivity contribution is -0.118. The van der Waals surface area contributed by atoms with Crippen LogP contribution in [0.1, 0.15) is 17.4 Å². The van der Waals surface area contributed by atoms with E-state index in [1.807, 2.05) is 17.7 Å². The van der Waals surface area contributed by atoms with Gasteiger partial charge in [0.05, 0.1) is 6.54 Å². The number of hydrogen-bond acceptors (Lipinski definition) is 2. The van der Waals surface area contributed by atoms with Crippen LogP contribution in [-0.2, 0) is 11.3 Å². The van der Waals surface area contributed by atoms with E-state index in [9.17, 15) is 9.59 Å². The summed E-state index contributed by atoms with van der Waals surface area (Å²) in [5, 5.41) is 0. The number of rotatable bonds is 4. The number of nitrogens with zero attached hydrogens (tertiary/aromatic N) is 2. The van der Waals surface area contributed by atoms with Crippen molar-refractivity contribution in [1.29, 1.82) is 0 Å². The summed E-state index contributed by atoms with van der Waals surface area (Å²) < 4.78 is 2.65. The van der Waals surface area contributed by atoms with E-state index in [2.05, 4.69) is 15.9 Å². The maximum absolute atomic E-state index is 11.9. The lowest BCUT2D eigenvalue weighted by Crippen LogP contribution is -2.36. The quantitative estimate of drug-likeness (QED) is 0.891. The van der Waals surface area contributed by atoms with Gasteiger partial charge < -0.3 is 15.2 Å². The van der Waals surface area contributed by atoms with Crippen molar-refractivity contribution < 1.29 is 9.59 Å². The van der Waals surface area contributed by atoms with E-state index in [1.165, 1.54) is 4.90 Å². The van der Waals surface area contributed by atoms with Crippen LogP contribution in [0.25, 0.3) is 0 Å². The van der Waals surface area contributed by atoms with Crippen LogP contribution in [0.2, 0.25) is 0 Å². The third-order valence-electron chi connectivity index (χ3n) is 2.16. The summed E-state index contributed by atoms with van der Waals surface area (Å²) in [6.45, 7) is 2.56. The molecule has 0 bridgehead atoms. The van der Waals surface area contributed by atoms with Crippen LogP contribution in [0.4, 0.5) is 0 Å². The maximum atomic E-state index is 11.9. The number of likely N-dealkylation sites (N-methyl/N-ethyl adjacent to an activating group) is 1. The Balaban J connectivity index is 2.90. The van der Waals surface area contributed by atoms with Crippen molar-refractivity contribution in [3.8, 4) is 0 Å². The molecule has 0 spiro atoms. The van der Waals surface area contributed by atoms with Crippen molar-refractivity contribution in [3.63, 3.8) is 0 Å². The third-order valence-corrected chi connectivity index (χ3v) is 2.60. The fourth-order valence-corrected chi connectivity index (χ4v) is 1.88. The van der Waals surface area contributed by atoms with E-state index >= 15 is 0 Å². The van der Waals surface area contributed by atoms with Gasteiger partial charge in [0.25, 0.3) is 5.91 Å². The largest absolute Gasteiger partial charge is 0.368 e. The highest BCUT2D eigenvalue weighted by Gasteiger charge is 2.17. The van der Waals surface area contributed by atoms with Gasteiger partial charge in [-0.25, -0.2) is 0 Å². The van der Waals surface area contributed by atoms with E-state index < -0.39 is 5.91 Å². The van der Waals surface area contributed by atoms with Gasteiger partial charge >= 0.3 is 0 Å². The first-order valence-electron chi connectivity index (χ1n) is 4.85. The Morgan fingerprint density at radius 3 is 2.69 bits per heavy atom. The number of hydrogen-bond donors (Lipinski definition) is 1. The standard InChI is InChI=1S/C10H14BrN3O2/c1-3-14-5-7(11)4-8(14)10(16)13(2)6-9(12)15/h4-5H,3,6H2,1-2H3,(H2,12,15). The van der Waals surface area contributed by atoms with Crippen LogP contribution in [0, 0.1) is 0 Å². The highest BCUT2D eigenvalue weighted by atomic mass is 79.9. The highest BCUT2D eigenvalue weighted by molar-refractivity contribution is 9.10. The van der Waals surface area contributed by atoms with Crippen molar-refractivity contribution in [2.45, 2.75) is 13.5 Å². The Labute approximate surface area is 102 Å². The molecule has 2 amide bonds. The van der Waals surface area contributed by atoms with Crippen LogP contribution >= 0.6 is 15.9 Å². The molecular weight excluding hydrogens is 274 g/mol. The van der Waals surface area contributed by atoms with E-state index in [-0.39, 0.29) is 12.5 Å². The molecule has 0 aliphatic carbocycles. The molecule has 1 rings (SSSR count). The summed E-state index contributed by atoms with van der Waals surface area (Å²) in [5.74, 6) is -0.740. The van der Waals surface area contributed by atoms with Gasteiger partial charge in [-0.3, -0.25) is 9.59 Å². The van der Waals surface area contributed by atoms with Crippen LogP contribution in [0.3, 0.4) is 0 Å². The molecular formula is C10H14BrN3O2. The lowest BCUT2D eigenvalue weighted by Gasteiger charge is -2.15. The average Bonchev–Trinajstić information content (AvgIpc) is 2.57. The molecule has 0 saturated heterocycles. The molecule has 0 fully saturated rings. The minimum atomic E-state index is -0.524. The van der Waals surface area contributed by atoms with E-state index in [1.54, 1.807) is 13.1 Å². The second-order valence-electron chi connectivity index (χ2n) is 3.46. The topological polar surface area (TPSA) is 68.3 Å². The molecule has 5 nitrogen and oxygen atoms in total. The minimum absolute atomic E-state index is 0.0780. The first-order valence-corrected chi connectivity index (χ1v) is 5.64. The van der Waals surface area contributed by atoms with Gasteiger partial charge in [0.15, 0.2) is 0 Å². The molecule has 0 unspecified atom stereocenters. The number of nitrogens with two attached hydrogens (primary N) is 1. The zero-order valence-corrected chi connectivity index (χ0v) is 10.8. The number of amides is 2. The molecule has 1 aromatic rings. The fraction of sp³-hybridized carbons (Fsp3) is 0.400. The molecule has 2 N–H and O–H groups in total. The van der Waals surface area contributed by atoms with Crippen LogP contribution in [-0.4, -0.2) is 34.9 Å². The predicted molar refractivity (Wildman–Crippen MR) is 64.0 cm³/mol. The summed E-state index contributed by atoms with van der Waals surface area (Å²) in [4.78, 5) is 24.0. The number of aromatic nitrogens is 1. The first kappa shape index (κ1) is 12.8. The van der Waals surface area contributed by atoms with Crippen molar-refractivity contribution in [2.75, 3.05) is 13.6 Å². The molecule has 88 valence electrons. The molecule has 0 saturated carbocycles. The highest BCUT2D eigenvalue weighted by Crippen LogP contribution is 2.16. The predicted octanol–water partition coefficient (Wildman–Crippen LogP) is 0.828. The number of halogens is 1. The Bertz CT molecular complexity index is 414. The van der Waals surface area contributed by atoms with Gasteiger partial charge in [-0.05, 0) is 28.9 Å². The second-order valence-corrected chi connectivity index (χ2v) is 4.37. The molecule has 0 aliphatic rings. The molecule has 16 heavy (non-hydrogen) atoms. The Hall–Kier alpha value is -1.30. The number of aryl methyl sites for hydroxylation is 1. The Kier molecular flexibility index (Phi) is 4.12. The Morgan fingerprint density at radius 1 is 1.56 bits per heavy atom. The van der Waals surface area contributed by atoms with Gasteiger partial charge in [0, 0.05) is 24.3 Å². The van der Waals surface area contributed by atoms with Gasteiger partial charge in [0.2, 0.25) is 5.91 Å². The lowest BCUT2D eigenvalue weighted by atomic mass is 10.3. The van der Waals surface area contributed by atoms with Gasteiger partial charge in [0.1, 0.15) is 5.69 Å². The summed E-state index contributed by atoms with van der Waals surface area (Å²) in [6.07, 6.45) is 1.82. The zero-order chi connectivity index (χ0) is 12.3. The van der Waals surface area contributed by atoms with E-state index in [0.717, 1.165) is 4.47 Å². The molecule has 1 heterocycles. The minimum Gasteiger partial charge on any atom is -0.368 e. The van der Waals surface area contributed by atoms with Crippen molar-refractivity contribution in [1.82, 2.24) is 9.47 Å². The second kappa shape index (κ2) is 5.16. The van der Waals surface area contributed by atoms with Gasteiger partial charge in [-0.2, -0.15) is 0 Å². The Morgan fingerprint density at radius 2 is 2.19 bits per heavy atom. The van der Waals surface area contributed by atoms with Crippen molar-refractivity contribution >= 4 is 27.7 Å². The van der Waals surface area contributed by atoms with E-state index in [4.69, 9.17) is 5.73 Å². The molecule has 6 heteroatoms. The molecule has 0 atom stereocenters. The summed E-state index contributed by atoms with van der Waals surface area (Å²) in [6, 6.07) is 1.73. The van der Waals surface area contributed by atoms with Crippen LogP contribution in [0.5, 0.6) is 0 Å². The summed E-state index contributed by atoms with van der Waals surface area (Å²) >= 11 is 3.31. The van der Waals surface area contributed by atoms with Crippen LogP contribution < -0.4 is 5.73 Å².